The highest BCUT2D eigenvalue weighted by atomic mass is 35.5. The molecule has 8 heteroatoms. The van der Waals surface area contributed by atoms with Crippen molar-refractivity contribution in [3.8, 4) is 0 Å². The molecule has 1 saturated heterocycles. The van der Waals surface area contributed by atoms with Crippen LogP contribution in [0.15, 0.2) is 29.4 Å². The number of carbonyl (C=O) groups is 2. The zero-order valence-electron chi connectivity index (χ0n) is 10.8. The third kappa shape index (κ3) is 2.69. The Balaban J connectivity index is 1.95. The lowest BCUT2D eigenvalue weighted by atomic mass is 10.0. The Hall–Kier alpha value is -1.79. The molecule has 3 rings (SSSR count). The molecule has 1 atom stereocenters. The maximum atomic E-state index is 11.8. The monoisotopic (exact) mass is 327 g/mol. The Kier molecular flexibility index (Phi) is 3.73. The number of amides is 2. The summed E-state index contributed by atoms with van der Waals surface area (Å²) in [5.41, 5.74) is 1.38. The third-order valence-electron chi connectivity index (χ3n) is 3.40. The predicted molar refractivity (Wildman–Crippen MR) is 77.8 cm³/mol. The van der Waals surface area contributed by atoms with Gasteiger partial charge in [0.2, 0.25) is 0 Å². The summed E-state index contributed by atoms with van der Waals surface area (Å²) in [4.78, 5) is 24.7. The summed E-state index contributed by atoms with van der Waals surface area (Å²) < 4.78 is 4.95. The number of carbonyl (C=O) groups excluding carboxylic acids is 2. The maximum absolute atomic E-state index is 11.8. The maximum Gasteiger partial charge on any atom is 0.410 e. The van der Waals surface area contributed by atoms with E-state index in [0.29, 0.717) is 23.9 Å². The normalized spacial score (nSPS) is 21.5. The fourth-order valence-corrected chi connectivity index (χ4v) is 2.64. The highest BCUT2D eigenvalue weighted by molar-refractivity contribution is 6.62. The quantitative estimate of drug-likeness (QED) is 0.619. The van der Waals surface area contributed by atoms with E-state index in [2.05, 4.69) is 5.10 Å². The molecule has 2 amide bonds. The van der Waals surface area contributed by atoms with Gasteiger partial charge in [0.05, 0.1) is 24.8 Å². The van der Waals surface area contributed by atoms with Crippen LogP contribution in [0.3, 0.4) is 0 Å². The molecule has 0 aromatic heterocycles. The average Bonchev–Trinajstić information content (AvgIpc) is 3.05. The molecule has 1 aromatic rings. The van der Waals surface area contributed by atoms with E-state index in [1.807, 2.05) is 0 Å². The van der Waals surface area contributed by atoms with Crippen molar-refractivity contribution in [2.75, 3.05) is 19.7 Å². The van der Waals surface area contributed by atoms with Gasteiger partial charge in [0, 0.05) is 10.6 Å². The van der Waals surface area contributed by atoms with E-state index in [-0.39, 0.29) is 12.6 Å². The second-order valence-electron chi connectivity index (χ2n) is 4.65. The summed E-state index contributed by atoms with van der Waals surface area (Å²) in [6, 6.07) is 6.66. The van der Waals surface area contributed by atoms with Gasteiger partial charge in [-0.05, 0) is 23.7 Å². The largest absolute Gasteiger partial charge is 0.448 e. The van der Waals surface area contributed by atoms with Crippen LogP contribution in [-0.4, -0.2) is 52.8 Å². The van der Waals surface area contributed by atoms with E-state index in [1.54, 1.807) is 29.2 Å². The van der Waals surface area contributed by atoms with Crippen molar-refractivity contribution >= 4 is 40.4 Å². The summed E-state index contributed by atoms with van der Waals surface area (Å²) in [6.45, 7) is 1.01. The number of hydrogen-bond donors (Lipinski definition) is 0. The Morgan fingerprint density at radius 1 is 1.33 bits per heavy atom. The van der Waals surface area contributed by atoms with Gasteiger partial charge in [-0.1, -0.05) is 23.7 Å². The van der Waals surface area contributed by atoms with Crippen molar-refractivity contribution < 1.29 is 14.3 Å². The Morgan fingerprint density at radius 2 is 2.05 bits per heavy atom. The second-order valence-corrected chi connectivity index (χ2v) is 5.41. The minimum atomic E-state index is -0.684. The van der Waals surface area contributed by atoms with E-state index in [9.17, 15) is 9.59 Å². The molecule has 0 radical (unpaired) electrons. The van der Waals surface area contributed by atoms with Crippen LogP contribution in [0, 0.1) is 0 Å². The van der Waals surface area contributed by atoms with Gasteiger partial charge in [0.1, 0.15) is 6.61 Å². The van der Waals surface area contributed by atoms with Crippen LogP contribution in [0.1, 0.15) is 5.56 Å². The molecule has 21 heavy (non-hydrogen) atoms. The van der Waals surface area contributed by atoms with Crippen molar-refractivity contribution in [2.45, 2.75) is 6.04 Å². The summed E-state index contributed by atoms with van der Waals surface area (Å²) >= 11 is 11.4. The van der Waals surface area contributed by atoms with Crippen LogP contribution in [0.4, 0.5) is 9.59 Å². The van der Waals surface area contributed by atoms with Crippen molar-refractivity contribution in [2.24, 2.45) is 5.10 Å². The molecule has 0 spiro atoms. The summed E-state index contributed by atoms with van der Waals surface area (Å²) in [7, 11) is 0. The molecule has 2 aliphatic heterocycles. The van der Waals surface area contributed by atoms with E-state index in [1.165, 1.54) is 0 Å². The van der Waals surface area contributed by atoms with Crippen molar-refractivity contribution in [3.05, 3.63) is 34.9 Å². The van der Waals surface area contributed by atoms with Crippen LogP contribution < -0.4 is 0 Å². The van der Waals surface area contributed by atoms with Crippen LogP contribution >= 0.6 is 23.2 Å². The number of rotatable bonds is 2. The highest BCUT2D eigenvalue weighted by Gasteiger charge is 2.39. The fraction of sp³-hybridized carbons (Fsp3) is 0.308. The lowest BCUT2D eigenvalue weighted by molar-refractivity contribution is 0.152. The van der Waals surface area contributed by atoms with Crippen molar-refractivity contribution in [1.29, 1.82) is 0 Å². The Labute approximate surface area is 130 Å². The minimum absolute atomic E-state index is 0.218. The molecule has 1 unspecified atom stereocenters. The fourth-order valence-electron chi connectivity index (χ4n) is 2.40. The van der Waals surface area contributed by atoms with E-state index >= 15 is 0 Å². The van der Waals surface area contributed by atoms with Gasteiger partial charge in [0.25, 0.3) is 0 Å². The van der Waals surface area contributed by atoms with Gasteiger partial charge in [-0.2, -0.15) is 5.10 Å². The van der Waals surface area contributed by atoms with Crippen LogP contribution in [0.25, 0.3) is 0 Å². The first-order chi connectivity index (χ1) is 10.1. The lowest BCUT2D eigenvalue weighted by Gasteiger charge is -2.22. The van der Waals surface area contributed by atoms with Gasteiger partial charge in [0.15, 0.2) is 0 Å². The molecular weight excluding hydrogens is 317 g/mol. The highest BCUT2D eigenvalue weighted by Crippen LogP contribution is 2.23. The second kappa shape index (κ2) is 5.54. The zero-order chi connectivity index (χ0) is 15.0. The summed E-state index contributed by atoms with van der Waals surface area (Å²) in [5, 5.41) is 5.28. The first-order valence-corrected chi connectivity index (χ1v) is 7.06. The zero-order valence-corrected chi connectivity index (χ0v) is 12.3. The van der Waals surface area contributed by atoms with Crippen LogP contribution in [-0.2, 0) is 4.74 Å². The summed E-state index contributed by atoms with van der Waals surface area (Å²) in [5.74, 6) is 0. The standard InChI is InChI=1S/C13H11Cl2N3O3/c14-9-3-1-8(2-4-9)11-10(7-18(16-11)12(15)19)17-5-6-21-13(17)20/h1-4,10H,5-7H2. The smallest absolute Gasteiger partial charge is 0.410 e. The van der Waals surface area contributed by atoms with Gasteiger partial charge < -0.3 is 4.74 Å². The van der Waals surface area contributed by atoms with Gasteiger partial charge in [-0.15, -0.1) is 0 Å². The van der Waals surface area contributed by atoms with E-state index < -0.39 is 11.5 Å². The van der Waals surface area contributed by atoms with Crippen molar-refractivity contribution in [1.82, 2.24) is 9.91 Å². The number of hydrazone groups is 1. The van der Waals surface area contributed by atoms with Crippen LogP contribution in [0.5, 0.6) is 0 Å². The topological polar surface area (TPSA) is 62.2 Å². The average molecular weight is 328 g/mol. The molecule has 0 N–H and O–H groups in total. The predicted octanol–water partition coefficient (Wildman–Crippen LogP) is 2.54. The van der Waals surface area contributed by atoms with Gasteiger partial charge >= 0.3 is 11.5 Å². The number of hydrogen-bond acceptors (Lipinski definition) is 4. The molecular formula is C13H11Cl2N3O3. The lowest BCUT2D eigenvalue weighted by Crippen LogP contribution is -2.44. The molecule has 0 bridgehead atoms. The Morgan fingerprint density at radius 3 is 2.62 bits per heavy atom. The van der Waals surface area contributed by atoms with E-state index in [4.69, 9.17) is 27.9 Å². The molecule has 0 saturated carbocycles. The molecule has 2 aliphatic rings. The van der Waals surface area contributed by atoms with E-state index in [0.717, 1.165) is 10.6 Å². The molecule has 2 heterocycles. The molecule has 1 aromatic carbocycles. The minimum Gasteiger partial charge on any atom is -0.448 e. The van der Waals surface area contributed by atoms with Crippen molar-refractivity contribution in [3.63, 3.8) is 0 Å². The SMILES string of the molecule is O=C(Cl)N1CC(N2CCOC2=O)C(c2ccc(Cl)cc2)=N1. The first kappa shape index (κ1) is 14.2. The van der Waals surface area contributed by atoms with Gasteiger partial charge in [-0.25, -0.2) is 9.80 Å². The first-order valence-electron chi connectivity index (χ1n) is 6.31. The van der Waals surface area contributed by atoms with Gasteiger partial charge in [-0.3, -0.25) is 9.69 Å². The number of ether oxygens (including phenoxy) is 1. The third-order valence-corrected chi connectivity index (χ3v) is 3.85. The Bertz CT molecular complexity index is 618. The number of benzene rings is 1. The molecule has 0 aliphatic carbocycles. The number of halogens is 2. The number of nitrogens with zero attached hydrogens (tertiary/aromatic N) is 3. The summed E-state index contributed by atoms with van der Waals surface area (Å²) in [6.07, 6.45) is -0.412. The molecule has 1 fully saturated rings. The number of cyclic esters (lactones) is 1. The molecule has 6 nitrogen and oxygen atoms in total. The van der Waals surface area contributed by atoms with Crippen LogP contribution in [0.2, 0.25) is 5.02 Å². The molecule has 110 valence electrons.